The SMILES string of the molecule is O=C(CN1CCN(C23CC4CC(CC(C4)C2)C3)CC1)Nc1cc(Cl)cc(Cl)c1. The van der Waals surface area contributed by atoms with Crippen molar-refractivity contribution < 1.29 is 4.79 Å². The van der Waals surface area contributed by atoms with E-state index in [9.17, 15) is 4.79 Å². The Kier molecular flexibility index (Phi) is 5.11. The number of nitrogens with zero attached hydrogens (tertiary/aromatic N) is 2. The highest BCUT2D eigenvalue weighted by Gasteiger charge is 2.53. The summed E-state index contributed by atoms with van der Waals surface area (Å²) < 4.78 is 0. The molecule has 6 heteroatoms. The molecule has 4 nitrogen and oxygen atoms in total. The maximum absolute atomic E-state index is 12.5. The zero-order valence-corrected chi connectivity index (χ0v) is 17.8. The topological polar surface area (TPSA) is 35.6 Å². The fourth-order valence-corrected chi connectivity index (χ4v) is 7.39. The van der Waals surface area contributed by atoms with Crippen molar-refractivity contribution in [1.82, 2.24) is 9.80 Å². The molecule has 1 heterocycles. The lowest BCUT2D eigenvalue weighted by molar-refractivity contribution is -0.120. The highest BCUT2D eigenvalue weighted by Crippen LogP contribution is 2.57. The van der Waals surface area contributed by atoms with Crippen LogP contribution >= 0.6 is 23.2 Å². The van der Waals surface area contributed by atoms with Gasteiger partial charge in [-0.25, -0.2) is 0 Å². The largest absolute Gasteiger partial charge is 0.325 e. The second-order valence-corrected chi connectivity index (χ2v) is 10.5. The summed E-state index contributed by atoms with van der Waals surface area (Å²) in [5, 5.41) is 4.00. The Morgan fingerprint density at radius 2 is 1.46 bits per heavy atom. The molecule has 5 aliphatic rings. The lowest BCUT2D eigenvalue weighted by atomic mass is 9.52. The lowest BCUT2D eigenvalue weighted by Crippen LogP contribution is -2.64. The molecule has 0 radical (unpaired) electrons. The average molecular weight is 422 g/mol. The summed E-state index contributed by atoms with van der Waals surface area (Å²) in [6.45, 7) is 4.58. The maximum Gasteiger partial charge on any atom is 0.238 e. The van der Waals surface area contributed by atoms with E-state index in [0.29, 0.717) is 27.8 Å². The highest BCUT2D eigenvalue weighted by molar-refractivity contribution is 6.35. The Balaban J connectivity index is 1.15. The second kappa shape index (κ2) is 7.46. The molecule has 5 fully saturated rings. The number of halogens is 2. The minimum atomic E-state index is 0.00147. The first kappa shape index (κ1) is 19.2. The number of piperazine rings is 1. The average Bonchev–Trinajstić information content (AvgIpc) is 2.60. The van der Waals surface area contributed by atoms with E-state index in [4.69, 9.17) is 23.2 Å². The van der Waals surface area contributed by atoms with Gasteiger partial charge in [0.15, 0.2) is 0 Å². The molecule has 0 unspecified atom stereocenters. The van der Waals surface area contributed by atoms with E-state index in [1.807, 2.05) is 0 Å². The number of carbonyl (C=O) groups excluding carboxylic acids is 1. The minimum Gasteiger partial charge on any atom is -0.325 e. The Labute approximate surface area is 177 Å². The van der Waals surface area contributed by atoms with Crippen LogP contribution in [0.3, 0.4) is 0 Å². The van der Waals surface area contributed by atoms with E-state index in [0.717, 1.165) is 43.9 Å². The highest BCUT2D eigenvalue weighted by atomic mass is 35.5. The second-order valence-electron chi connectivity index (χ2n) is 9.61. The molecule has 1 N–H and O–H groups in total. The zero-order valence-electron chi connectivity index (χ0n) is 16.3. The Bertz CT molecular complexity index is 705. The monoisotopic (exact) mass is 421 g/mol. The molecule has 1 aromatic carbocycles. The molecule has 4 aliphatic carbocycles. The molecule has 4 bridgehead atoms. The van der Waals surface area contributed by atoms with Crippen LogP contribution in [-0.2, 0) is 4.79 Å². The third kappa shape index (κ3) is 3.81. The van der Waals surface area contributed by atoms with Gasteiger partial charge in [-0.3, -0.25) is 14.6 Å². The van der Waals surface area contributed by atoms with Gasteiger partial charge in [-0.05, 0) is 74.5 Å². The van der Waals surface area contributed by atoms with Crippen LogP contribution in [-0.4, -0.2) is 54.0 Å². The number of hydrogen-bond donors (Lipinski definition) is 1. The van der Waals surface area contributed by atoms with Crippen molar-refractivity contribution in [2.75, 3.05) is 38.0 Å². The number of carbonyl (C=O) groups is 1. The fourth-order valence-electron chi connectivity index (χ4n) is 6.86. The fraction of sp³-hybridized carbons (Fsp3) is 0.682. The summed E-state index contributed by atoms with van der Waals surface area (Å²) in [5.74, 6) is 2.96. The van der Waals surface area contributed by atoms with Crippen molar-refractivity contribution in [2.45, 2.75) is 44.1 Å². The van der Waals surface area contributed by atoms with Crippen LogP contribution < -0.4 is 5.32 Å². The molecular formula is C22H29Cl2N3O. The number of anilines is 1. The summed E-state index contributed by atoms with van der Waals surface area (Å²) in [7, 11) is 0. The summed E-state index contributed by atoms with van der Waals surface area (Å²) in [6.07, 6.45) is 8.76. The molecule has 1 aliphatic heterocycles. The van der Waals surface area contributed by atoms with Gasteiger partial charge in [0.05, 0.1) is 6.54 Å². The van der Waals surface area contributed by atoms with Crippen LogP contribution in [0.2, 0.25) is 10.0 Å². The van der Waals surface area contributed by atoms with Gasteiger partial charge in [0.1, 0.15) is 0 Å². The number of amides is 1. The molecule has 0 spiro atoms. The van der Waals surface area contributed by atoms with Crippen molar-refractivity contribution in [3.8, 4) is 0 Å². The van der Waals surface area contributed by atoms with Crippen molar-refractivity contribution in [3.05, 3.63) is 28.2 Å². The van der Waals surface area contributed by atoms with Gasteiger partial charge in [-0.2, -0.15) is 0 Å². The predicted molar refractivity (Wildman–Crippen MR) is 114 cm³/mol. The summed E-state index contributed by atoms with van der Waals surface area (Å²) in [6, 6.07) is 5.13. The van der Waals surface area contributed by atoms with Gasteiger partial charge in [0.2, 0.25) is 5.91 Å². The molecule has 1 amide bonds. The lowest BCUT2D eigenvalue weighted by Gasteiger charge is -2.61. The van der Waals surface area contributed by atoms with E-state index in [1.165, 1.54) is 38.5 Å². The van der Waals surface area contributed by atoms with Gasteiger partial charge < -0.3 is 5.32 Å². The third-order valence-corrected chi connectivity index (χ3v) is 8.00. The third-order valence-electron chi connectivity index (χ3n) is 7.56. The Morgan fingerprint density at radius 3 is 2.00 bits per heavy atom. The Morgan fingerprint density at radius 1 is 0.929 bits per heavy atom. The molecule has 1 aromatic rings. The smallest absolute Gasteiger partial charge is 0.238 e. The molecule has 4 saturated carbocycles. The van der Waals surface area contributed by atoms with Crippen LogP contribution in [0.5, 0.6) is 0 Å². The molecule has 6 rings (SSSR count). The van der Waals surface area contributed by atoms with Crippen molar-refractivity contribution in [3.63, 3.8) is 0 Å². The summed E-state index contributed by atoms with van der Waals surface area (Å²) in [5.41, 5.74) is 1.15. The van der Waals surface area contributed by atoms with Crippen molar-refractivity contribution in [1.29, 1.82) is 0 Å². The van der Waals surface area contributed by atoms with E-state index in [2.05, 4.69) is 15.1 Å². The van der Waals surface area contributed by atoms with E-state index in [1.54, 1.807) is 18.2 Å². The van der Waals surface area contributed by atoms with Gasteiger partial charge in [0.25, 0.3) is 0 Å². The van der Waals surface area contributed by atoms with Crippen LogP contribution in [0.1, 0.15) is 38.5 Å². The Hall–Kier alpha value is -0.810. The summed E-state index contributed by atoms with van der Waals surface area (Å²) >= 11 is 12.0. The minimum absolute atomic E-state index is 0.00147. The molecule has 28 heavy (non-hydrogen) atoms. The molecule has 1 saturated heterocycles. The number of rotatable bonds is 4. The normalized spacial score (nSPS) is 35.3. The number of hydrogen-bond acceptors (Lipinski definition) is 3. The van der Waals surface area contributed by atoms with Gasteiger partial charge in [0, 0.05) is 47.5 Å². The molecule has 0 aromatic heterocycles. The first-order valence-electron chi connectivity index (χ1n) is 10.7. The van der Waals surface area contributed by atoms with Gasteiger partial charge >= 0.3 is 0 Å². The first-order chi connectivity index (χ1) is 13.5. The first-order valence-corrected chi connectivity index (χ1v) is 11.5. The maximum atomic E-state index is 12.5. The number of nitrogens with one attached hydrogen (secondary N) is 1. The van der Waals surface area contributed by atoms with E-state index in [-0.39, 0.29) is 5.91 Å². The van der Waals surface area contributed by atoms with Gasteiger partial charge in [-0.1, -0.05) is 23.2 Å². The molecule has 152 valence electrons. The van der Waals surface area contributed by atoms with Crippen LogP contribution in [0.15, 0.2) is 18.2 Å². The molecular weight excluding hydrogens is 393 g/mol. The van der Waals surface area contributed by atoms with E-state index < -0.39 is 0 Å². The zero-order chi connectivity index (χ0) is 19.3. The molecule has 0 atom stereocenters. The quantitative estimate of drug-likeness (QED) is 0.775. The standard InChI is InChI=1S/C22H29Cl2N3O/c23-18-8-19(24)10-20(9-18)25-21(28)14-26-1-3-27(4-2-26)22-11-15-5-16(12-22)7-17(6-15)13-22/h8-10,15-17H,1-7,11-14H2,(H,25,28). The van der Waals surface area contributed by atoms with Crippen LogP contribution in [0.25, 0.3) is 0 Å². The van der Waals surface area contributed by atoms with Crippen molar-refractivity contribution >= 4 is 34.8 Å². The van der Waals surface area contributed by atoms with Crippen LogP contribution in [0.4, 0.5) is 5.69 Å². The van der Waals surface area contributed by atoms with Crippen LogP contribution in [0, 0.1) is 17.8 Å². The predicted octanol–water partition coefficient (Wildman–Crippen LogP) is 4.52. The summed E-state index contributed by atoms with van der Waals surface area (Å²) in [4.78, 5) is 17.5. The van der Waals surface area contributed by atoms with Gasteiger partial charge in [-0.15, -0.1) is 0 Å². The van der Waals surface area contributed by atoms with Crippen molar-refractivity contribution in [2.24, 2.45) is 17.8 Å². The number of benzene rings is 1. The van der Waals surface area contributed by atoms with E-state index >= 15 is 0 Å².